The monoisotopic (exact) mass is 275 g/mol. The van der Waals surface area contributed by atoms with Gasteiger partial charge in [0.25, 0.3) is 0 Å². The Balaban J connectivity index is 2.06. The number of H-pyrrole nitrogens is 1. The van der Waals surface area contributed by atoms with Crippen LogP contribution in [0.15, 0.2) is 36.7 Å². The minimum atomic E-state index is -0.468. The van der Waals surface area contributed by atoms with Crippen LogP contribution < -0.4 is 0 Å². The fourth-order valence-electron chi connectivity index (χ4n) is 1.68. The molecule has 3 rings (SSSR count). The van der Waals surface area contributed by atoms with E-state index in [2.05, 4.69) is 25.6 Å². The first-order valence-corrected chi connectivity index (χ1v) is 5.76. The molecule has 0 unspecified atom stereocenters. The smallest absolute Gasteiger partial charge is 0.206 e. The van der Waals surface area contributed by atoms with Crippen LogP contribution in [0.1, 0.15) is 0 Å². The van der Waals surface area contributed by atoms with Gasteiger partial charge in [-0.05, 0) is 29.0 Å². The standard InChI is InChI=1S/C12H7ClFN5/c13-10-2-1-7(4-11(10)14)8-3-9(6-15-5-8)12-16-18-19-17-12/h1-6H,(H,16,17,18,19). The van der Waals surface area contributed by atoms with Gasteiger partial charge < -0.3 is 0 Å². The third kappa shape index (κ3) is 2.30. The van der Waals surface area contributed by atoms with Crippen molar-refractivity contribution in [3.63, 3.8) is 0 Å². The molecule has 0 fully saturated rings. The van der Waals surface area contributed by atoms with Crippen LogP contribution in [0.2, 0.25) is 5.02 Å². The highest BCUT2D eigenvalue weighted by Crippen LogP contribution is 2.26. The summed E-state index contributed by atoms with van der Waals surface area (Å²) in [5.41, 5.74) is 2.12. The Kier molecular flexibility index (Phi) is 2.92. The fourth-order valence-corrected chi connectivity index (χ4v) is 1.80. The Bertz CT molecular complexity index is 714. The average Bonchev–Trinajstić information content (AvgIpc) is 2.96. The van der Waals surface area contributed by atoms with Gasteiger partial charge in [0.2, 0.25) is 5.82 Å². The maximum atomic E-state index is 13.4. The number of tetrazole rings is 1. The number of nitrogens with one attached hydrogen (secondary N) is 1. The average molecular weight is 276 g/mol. The molecule has 7 heteroatoms. The van der Waals surface area contributed by atoms with Crippen LogP contribution in [-0.2, 0) is 0 Å². The van der Waals surface area contributed by atoms with Crippen molar-refractivity contribution in [2.24, 2.45) is 0 Å². The number of aromatic amines is 1. The van der Waals surface area contributed by atoms with Crippen molar-refractivity contribution < 1.29 is 4.39 Å². The summed E-state index contributed by atoms with van der Waals surface area (Å²) >= 11 is 5.66. The molecule has 0 saturated carbocycles. The Morgan fingerprint density at radius 2 is 1.89 bits per heavy atom. The third-order valence-electron chi connectivity index (χ3n) is 2.59. The summed E-state index contributed by atoms with van der Waals surface area (Å²) < 4.78 is 13.4. The quantitative estimate of drug-likeness (QED) is 0.781. The molecule has 3 aromatic rings. The van der Waals surface area contributed by atoms with Gasteiger partial charge >= 0.3 is 0 Å². The van der Waals surface area contributed by atoms with Gasteiger partial charge in [0.1, 0.15) is 5.82 Å². The predicted molar refractivity (Wildman–Crippen MR) is 67.8 cm³/mol. The molecule has 0 bridgehead atoms. The van der Waals surface area contributed by atoms with Crippen LogP contribution in [-0.4, -0.2) is 25.6 Å². The van der Waals surface area contributed by atoms with Crippen LogP contribution in [0.4, 0.5) is 4.39 Å². The molecule has 19 heavy (non-hydrogen) atoms. The van der Waals surface area contributed by atoms with Crippen molar-refractivity contribution in [3.05, 3.63) is 47.5 Å². The lowest BCUT2D eigenvalue weighted by Gasteiger charge is -2.03. The van der Waals surface area contributed by atoms with E-state index >= 15 is 0 Å². The summed E-state index contributed by atoms with van der Waals surface area (Å²) in [4.78, 5) is 4.09. The Hall–Kier alpha value is -2.34. The zero-order chi connectivity index (χ0) is 13.2. The summed E-state index contributed by atoms with van der Waals surface area (Å²) in [6.45, 7) is 0. The second kappa shape index (κ2) is 4.74. The van der Waals surface area contributed by atoms with Crippen LogP contribution in [0.3, 0.4) is 0 Å². The molecule has 94 valence electrons. The summed E-state index contributed by atoms with van der Waals surface area (Å²) in [5.74, 6) is -0.0343. The van der Waals surface area contributed by atoms with Crippen molar-refractivity contribution >= 4 is 11.6 Å². The zero-order valence-corrected chi connectivity index (χ0v) is 10.3. The molecule has 0 saturated heterocycles. The van der Waals surface area contributed by atoms with E-state index in [1.165, 1.54) is 12.1 Å². The second-order valence-electron chi connectivity index (χ2n) is 3.83. The first-order chi connectivity index (χ1) is 9.24. The fraction of sp³-hybridized carbons (Fsp3) is 0. The summed E-state index contributed by atoms with van der Waals surface area (Å²) in [6, 6.07) is 6.40. The molecule has 0 aliphatic carbocycles. The van der Waals surface area contributed by atoms with E-state index in [0.29, 0.717) is 17.0 Å². The normalized spacial score (nSPS) is 10.6. The molecule has 5 nitrogen and oxygen atoms in total. The number of rotatable bonds is 2. The molecule has 0 amide bonds. The molecule has 0 atom stereocenters. The number of hydrogen-bond acceptors (Lipinski definition) is 4. The first kappa shape index (κ1) is 11.7. The number of hydrogen-bond donors (Lipinski definition) is 1. The molecule has 0 aliphatic rings. The van der Waals surface area contributed by atoms with Gasteiger partial charge in [-0.1, -0.05) is 17.7 Å². The Labute approximate surface area is 112 Å². The van der Waals surface area contributed by atoms with Gasteiger partial charge in [0.05, 0.1) is 5.02 Å². The van der Waals surface area contributed by atoms with Crippen molar-refractivity contribution in [2.75, 3.05) is 0 Å². The van der Waals surface area contributed by atoms with Gasteiger partial charge in [0.15, 0.2) is 0 Å². The van der Waals surface area contributed by atoms with Crippen molar-refractivity contribution in [1.29, 1.82) is 0 Å². The van der Waals surface area contributed by atoms with E-state index < -0.39 is 5.82 Å². The maximum absolute atomic E-state index is 13.4. The van der Waals surface area contributed by atoms with Crippen LogP contribution in [0.25, 0.3) is 22.5 Å². The van der Waals surface area contributed by atoms with E-state index in [4.69, 9.17) is 11.6 Å². The van der Waals surface area contributed by atoms with E-state index in [1.807, 2.05) is 0 Å². The van der Waals surface area contributed by atoms with Crippen LogP contribution in [0.5, 0.6) is 0 Å². The molecule has 2 aromatic heterocycles. The number of benzene rings is 1. The number of aromatic nitrogens is 5. The van der Waals surface area contributed by atoms with Gasteiger partial charge in [-0.3, -0.25) is 4.98 Å². The van der Waals surface area contributed by atoms with Crippen molar-refractivity contribution in [1.82, 2.24) is 25.6 Å². The van der Waals surface area contributed by atoms with E-state index in [-0.39, 0.29) is 5.02 Å². The highest BCUT2D eigenvalue weighted by molar-refractivity contribution is 6.30. The molecule has 1 N–H and O–H groups in total. The van der Waals surface area contributed by atoms with Crippen LogP contribution in [0, 0.1) is 5.82 Å². The van der Waals surface area contributed by atoms with Gasteiger partial charge in [-0.15, -0.1) is 10.2 Å². The summed E-state index contributed by atoms with van der Waals surface area (Å²) in [7, 11) is 0. The van der Waals surface area contributed by atoms with E-state index in [9.17, 15) is 4.39 Å². The topological polar surface area (TPSA) is 67.3 Å². The van der Waals surface area contributed by atoms with Crippen LogP contribution >= 0.6 is 11.6 Å². The lowest BCUT2D eigenvalue weighted by Crippen LogP contribution is -1.87. The van der Waals surface area contributed by atoms with E-state index in [0.717, 1.165) is 5.56 Å². The van der Waals surface area contributed by atoms with Gasteiger partial charge in [-0.25, -0.2) is 4.39 Å². The summed E-state index contributed by atoms with van der Waals surface area (Å²) in [6.07, 6.45) is 3.24. The highest BCUT2D eigenvalue weighted by atomic mass is 35.5. The molecular weight excluding hydrogens is 269 g/mol. The highest BCUT2D eigenvalue weighted by Gasteiger charge is 2.07. The lowest BCUT2D eigenvalue weighted by atomic mass is 10.1. The summed E-state index contributed by atoms with van der Waals surface area (Å²) in [5, 5.41) is 13.7. The van der Waals surface area contributed by atoms with Gasteiger partial charge in [0, 0.05) is 23.5 Å². The number of halogens is 2. The maximum Gasteiger partial charge on any atom is 0.206 e. The largest absolute Gasteiger partial charge is 0.263 e. The SMILES string of the molecule is Fc1cc(-c2cncc(-c3nn[nH]n3)c2)ccc1Cl. The Morgan fingerprint density at radius 3 is 2.63 bits per heavy atom. The second-order valence-corrected chi connectivity index (χ2v) is 4.23. The first-order valence-electron chi connectivity index (χ1n) is 5.38. The minimum absolute atomic E-state index is 0.0889. The lowest BCUT2D eigenvalue weighted by molar-refractivity contribution is 0.629. The molecule has 0 spiro atoms. The third-order valence-corrected chi connectivity index (χ3v) is 2.90. The molecule has 0 aliphatic heterocycles. The zero-order valence-electron chi connectivity index (χ0n) is 9.51. The van der Waals surface area contributed by atoms with Crippen molar-refractivity contribution in [3.8, 4) is 22.5 Å². The minimum Gasteiger partial charge on any atom is -0.263 e. The predicted octanol–water partition coefficient (Wildman–Crippen LogP) is 2.72. The van der Waals surface area contributed by atoms with Crippen molar-refractivity contribution in [2.45, 2.75) is 0 Å². The van der Waals surface area contributed by atoms with E-state index in [1.54, 1.807) is 24.5 Å². The number of nitrogens with zero attached hydrogens (tertiary/aromatic N) is 4. The molecule has 2 heterocycles. The number of pyridine rings is 1. The molecule has 1 aromatic carbocycles. The molecule has 0 radical (unpaired) electrons. The Morgan fingerprint density at radius 1 is 1.05 bits per heavy atom. The molecular formula is C12H7ClFN5. The van der Waals surface area contributed by atoms with Gasteiger partial charge in [-0.2, -0.15) is 5.21 Å².